The van der Waals surface area contributed by atoms with Crippen molar-refractivity contribution in [1.29, 1.82) is 0 Å². The zero-order chi connectivity index (χ0) is 25.0. The molecule has 0 aliphatic carbocycles. The Morgan fingerprint density at radius 2 is 1.88 bits per heavy atom. The maximum Gasteiger partial charge on any atom is 0.267 e. The molecule has 0 saturated heterocycles. The van der Waals surface area contributed by atoms with E-state index in [2.05, 4.69) is 5.32 Å². The molecule has 1 amide bonds. The summed E-state index contributed by atoms with van der Waals surface area (Å²) in [6, 6.07) is 11.8. The SMILES string of the molecule is CCOc1c(C)cc(N(C)S(=O)(=O)c2cc(Cl)sc2C(=O)Nc2ccc(SC)cc2)cc1OC. The van der Waals surface area contributed by atoms with Crippen molar-refractivity contribution >= 4 is 62.0 Å². The third-order valence-corrected chi connectivity index (χ3v) is 8.90. The summed E-state index contributed by atoms with van der Waals surface area (Å²) >= 11 is 8.64. The van der Waals surface area contributed by atoms with Gasteiger partial charge in [-0.3, -0.25) is 9.10 Å². The van der Waals surface area contributed by atoms with Gasteiger partial charge in [-0.1, -0.05) is 11.6 Å². The molecule has 0 fully saturated rings. The van der Waals surface area contributed by atoms with Gasteiger partial charge in [-0.25, -0.2) is 8.42 Å². The lowest BCUT2D eigenvalue weighted by molar-refractivity contribution is 0.102. The maximum atomic E-state index is 13.5. The van der Waals surface area contributed by atoms with Crippen LogP contribution in [0.4, 0.5) is 11.4 Å². The van der Waals surface area contributed by atoms with Crippen LogP contribution >= 0.6 is 34.7 Å². The number of ether oxygens (including phenoxy) is 2. The number of amides is 1. The molecule has 3 aromatic rings. The van der Waals surface area contributed by atoms with Crippen molar-refractivity contribution in [3.8, 4) is 11.5 Å². The van der Waals surface area contributed by atoms with Crippen LogP contribution < -0.4 is 19.1 Å². The van der Waals surface area contributed by atoms with Crippen LogP contribution in [0.1, 0.15) is 22.2 Å². The summed E-state index contributed by atoms with van der Waals surface area (Å²) < 4.78 is 39.4. The van der Waals surface area contributed by atoms with Gasteiger partial charge >= 0.3 is 0 Å². The second-order valence-corrected chi connectivity index (χ2v) is 11.6. The van der Waals surface area contributed by atoms with Crippen LogP contribution in [0.15, 0.2) is 52.3 Å². The smallest absolute Gasteiger partial charge is 0.267 e. The highest BCUT2D eigenvalue weighted by Crippen LogP contribution is 2.39. The first-order valence-electron chi connectivity index (χ1n) is 10.2. The quantitative estimate of drug-likeness (QED) is 0.339. The number of thioether (sulfide) groups is 1. The van der Waals surface area contributed by atoms with Crippen LogP contribution in [0, 0.1) is 6.92 Å². The molecule has 7 nitrogen and oxygen atoms in total. The molecule has 0 atom stereocenters. The second-order valence-electron chi connectivity index (χ2n) is 7.13. The Morgan fingerprint density at radius 1 is 1.21 bits per heavy atom. The standard InChI is InChI=1S/C23H25ClN2O5S3/c1-6-31-21-14(2)11-16(12-18(21)30-4)26(3)34(28,29)19-13-20(24)33-22(19)23(27)25-15-7-9-17(32-5)10-8-15/h7-13H,6H2,1-5H3,(H,25,27). The summed E-state index contributed by atoms with van der Waals surface area (Å²) in [7, 11) is -1.21. The van der Waals surface area contributed by atoms with Crippen molar-refractivity contribution in [2.75, 3.05) is 36.6 Å². The van der Waals surface area contributed by atoms with Crippen LogP contribution in [0.2, 0.25) is 4.34 Å². The number of anilines is 2. The summed E-state index contributed by atoms with van der Waals surface area (Å²) in [4.78, 5) is 13.9. The van der Waals surface area contributed by atoms with Gasteiger partial charge in [0.1, 0.15) is 9.77 Å². The molecule has 3 rings (SSSR count). The van der Waals surface area contributed by atoms with E-state index in [9.17, 15) is 13.2 Å². The molecule has 0 radical (unpaired) electrons. The van der Waals surface area contributed by atoms with E-state index in [0.717, 1.165) is 20.5 Å². The van der Waals surface area contributed by atoms with Gasteiger partial charge < -0.3 is 14.8 Å². The Balaban J connectivity index is 1.96. The number of benzene rings is 2. The van der Waals surface area contributed by atoms with E-state index in [4.69, 9.17) is 21.1 Å². The average molecular weight is 541 g/mol. The number of nitrogens with one attached hydrogen (secondary N) is 1. The molecule has 0 bridgehead atoms. The minimum Gasteiger partial charge on any atom is -0.493 e. The van der Waals surface area contributed by atoms with Crippen molar-refractivity contribution in [2.24, 2.45) is 0 Å². The number of thiophene rings is 1. The lowest BCUT2D eigenvalue weighted by Crippen LogP contribution is -2.28. The molecule has 0 aliphatic rings. The molecule has 0 aliphatic heterocycles. The molecule has 1 aromatic heterocycles. The molecule has 34 heavy (non-hydrogen) atoms. The van der Waals surface area contributed by atoms with Crippen molar-refractivity contribution < 1.29 is 22.7 Å². The van der Waals surface area contributed by atoms with E-state index < -0.39 is 15.9 Å². The highest BCUT2D eigenvalue weighted by Gasteiger charge is 2.31. The van der Waals surface area contributed by atoms with Gasteiger partial charge in [-0.15, -0.1) is 23.1 Å². The topological polar surface area (TPSA) is 84.9 Å². The van der Waals surface area contributed by atoms with Gasteiger partial charge in [0, 0.05) is 23.7 Å². The Morgan fingerprint density at radius 3 is 2.47 bits per heavy atom. The molecule has 0 unspecified atom stereocenters. The maximum absolute atomic E-state index is 13.5. The van der Waals surface area contributed by atoms with E-state index in [1.165, 1.54) is 20.2 Å². The number of nitrogens with zero attached hydrogens (tertiary/aromatic N) is 1. The van der Waals surface area contributed by atoms with Gasteiger partial charge in [0.15, 0.2) is 11.5 Å². The van der Waals surface area contributed by atoms with Crippen molar-refractivity contribution in [3.05, 3.63) is 57.2 Å². The van der Waals surface area contributed by atoms with E-state index >= 15 is 0 Å². The third-order valence-electron chi connectivity index (χ3n) is 4.96. The molecule has 1 N–H and O–H groups in total. The van der Waals surface area contributed by atoms with Gasteiger partial charge in [0.2, 0.25) is 0 Å². The summed E-state index contributed by atoms with van der Waals surface area (Å²) in [5.41, 5.74) is 1.63. The molecular weight excluding hydrogens is 516 g/mol. The van der Waals surface area contributed by atoms with Crippen LogP contribution in [-0.2, 0) is 10.0 Å². The number of hydrogen-bond donors (Lipinski definition) is 1. The normalized spacial score (nSPS) is 11.2. The summed E-state index contributed by atoms with van der Waals surface area (Å²) in [5.74, 6) is 0.404. The molecule has 11 heteroatoms. The fraction of sp³-hybridized carbons (Fsp3) is 0.261. The average Bonchev–Trinajstić information content (AvgIpc) is 3.23. The number of sulfonamides is 1. The van der Waals surface area contributed by atoms with Crippen molar-refractivity contribution in [1.82, 2.24) is 0 Å². The van der Waals surface area contributed by atoms with E-state index in [1.807, 2.05) is 25.3 Å². The van der Waals surface area contributed by atoms with Gasteiger partial charge in [0.25, 0.3) is 15.9 Å². The first-order valence-corrected chi connectivity index (χ1v) is 14.0. The Hall–Kier alpha value is -2.40. The highest BCUT2D eigenvalue weighted by atomic mass is 35.5. The summed E-state index contributed by atoms with van der Waals surface area (Å²) in [5, 5.41) is 2.75. The minimum absolute atomic E-state index is 0.000386. The molecule has 0 spiro atoms. The Labute approximate surface area is 213 Å². The molecule has 182 valence electrons. The Kier molecular flexibility index (Phi) is 8.40. The van der Waals surface area contributed by atoms with Gasteiger partial charge in [-0.05, 0) is 62.1 Å². The van der Waals surface area contributed by atoms with Crippen molar-refractivity contribution in [2.45, 2.75) is 23.6 Å². The number of aryl methyl sites for hydroxylation is 1. The number of carbonyl (C=O) groups excluding carboxylic acids is 1. The zero-order valence-electron chi connectivity index (χ0n) is 19.3. The van der Waals surface area contributed by atoms with Crippen molar-refractivity contribution in [3.63, 3.8) is 0 Å². The summed E-state index contributed by atoms with van der Waals surface area (Å²) in [6.07, 6.45) is 1.95. The monoisotopic (exact) mass is 540 g/mol. The minimum atomic E-state index is -4.12. The van der Waals surface area contributed by atoms with Crippen LogP contribution in [0.25, 0.3) is 0 Å². The fourth-order valence-corrected chi connectivity index (χ4v) is 6.51. The largest absolute Gasteiger partial charge is 0.493 e. The van der Waals surface area contributed by atoms with Crippen LogP contribution in [0.5, 0.6) is 11.5 Å². The zero-order valence-corrected chi connectivity index (χ0v) is 22.5. The molecule has 2 aromatic carbocycles. The fourth-order valence-electron chi connectivity index (χ4n) is 3.23. The number of carbonyl (C=O) groups is 1. The summed E-state index contributed by atoms with van der Waals surface area (Å²) in [6.45, 7) is 4.10. The van der Waals surface area contributed by atoms with E-state index in [-0.39, 0.29) is 14.1 Å². The first kappa shape index (κ1) is 26.2. The molecule has 1 heterocycles. The Bertz CT molecular complexity index is 1290. The number of halogens is 1. The first-order chi connectivity index (χ1) is 16.1. The molecule has 0 saturated carbocycles. The van der Waals surface area contributed by atoms with Crippen LogP contribution in [-0.4, -0.2) is 41.3 Å². The van der Waals surface area contributed by atoms with Crippen LogP contribution in [0.3, 0.4) is 0 Å². The van der Waals surface area contributed by atoms with Gasteiger partial charge in [0.05, 0.1) is 23.7 Å². The number of hydrogen-bond acceptors (Lipinski definition) is 7. The lowest BCUT2D eigenvalue weighted by atomic mass is 10.2. The third kappa shape index (κ3) is 5.46. The number of rotatable bonds is 9. The van der Waals surface area contributed by atoms with E-state index in [1.54, 1.807) is 43.0 Å². The highest BCUT2D eigenvalue weighted by molar-refractivity contribution is 7.98. The predicted octanol–water partition coefficient (Wildman–Crippen LogP) is 5.92. The van der Waals surface area contributed by atoms with Gasteiger partial charge in [-0.2, -0.15) is 0 Å². The second kappa shape index (κ2) is 10.9. The predicted molar refractivity (Wildman–Crippen MR) is 140 cm³/mol. The molecular formula is C23H25ClN2O5S3. The van der Waals surface area contributed by atoms with E-state index in [0.29, 0.717) is 35.0 Å². The lowest BCUT2D eigenvalue weighted by Gasteiger charge is -2.22. The number of methoxy groups -OCH3 is 1.